The van der Waals surface area contributed by atoms with Crippen LogP contribution < -0.4 is 15.8 Å². The number of benzene rings is 1. The zero-order chi connectivity index (χ0) is 12.1. The van der Waals surface area contributed by atoms with Crippen molar-refractivity contribution >= 4 is 22.6 Å². The molecule has 0 spiro atoms. The van der Waals surface area contributed by atoms with E-state index >= 15 is 0 Å². The zero-order valence-electron chi connectivity index (χ0n) is 8.92. The smallest absolute Gasteiger partial charge is 0.410 e. The Labute approximate surface area is 102 Å². The van der Waals surface area contributed by atoms with Gasteiger partial charge in [-0.3, -0.25) is 0 Å². The molecule has 6 heteroatoms. The summed E-state index contributed by atoms with van der Waals surface area (Å²) in [7, 11) is 0. The van der Waals surface area contributed by atoms with E-state index in [1.165, 1.54) is 11.3 Å². The maximum Gasteiger partial charge on any atom is 0.412 e. The standard InChI is InChI=1S/C11H11N3O2S/c12-10-14-8(7-17-10)6-13-11(15)16-9-4-2-1-3-5-9/h1-5,7H,6H2,(H2,12,14)(H,13,15). The van der Waals surface area contributed by atoms with Crippen LogP contribution in [0, 0.1) is 0 Å². The highest BCUT2D eigenvalue weighted by atomic mass is 32.1. The van der Waals surface area contributed by atoms with Crippen LogP contribution in [0.3, 0.4) is 0 Å². The Hall–Kier alpha value is -2.08. The van der Waals surface area contributed by atoms with Crippen LogP contribution in [0.2, 0.25) is 0 Å². The van der Waals surface area contributed by atoms with E-state index in [4.69, 9.17) is 10.5 Å². The summed E-state index contributed by atoms with van der Waals surface area (Å²) in [5, 5.41) is 4.86. The number of thiazole rings is 1. The van der Waals surface area contributed by atoms with Gasteiger partial charge in [0.1, 0.15) is 5.75 Å². The zero-order valence-corrected chi connectivity index (χ0v) is 9.74. The molecule has 0 bridgehead atoms. The van der Waals surface area contributed by atoms with E-state index in [0.29, 0.717) is 17.4 Å². The van der Waals surface area contributed by atoms with Gasteiger partial charge in [0.05, 0.1) is 12.2 Å². The molecule has 0 saturated heterocycles. The first-order valence-electron chi connectivity index (χ1n) is 4.94. The molecule has 0 aliphatic carbocycles. The molecule has 2 aromatic rings. The molecule has 0 atom stereocenters. The number of hydrogen-bond acceptors (Lipinski definition) is 5. The van der Waals surface area contributed by atoms with Gasteiger partial charge in [-0.1, -0.05) is 18.2 Å². The molecule has 17 heavy (non-hydrogen) atoms. The Morgan fingerprint density at radius 3 is 2.82 bits per heavy atom. The second kappa shape index (κ2) is 5.31. The lowest BCUT2D eigenvalue weighted by atomic mass is 10.3. The van der Waals surface area contributed by atoms with Gasteiger partial charge in [-0.25, -0.2) is 9.78 Å². The van der Waals surface area contributed by atoms with Crippen molar-refractivity contribution in [3.05, 3.63) is 41.4 Å². The molecule has 5 nitrogen and oxygen atoms in total. The fraction of sp³-hybridized carbons (Fsp3) is 0.0909. The lowest BCUT2D eigenvalue weighted by Gasteiger charge is -2.04. The number of anilines is 1. The molecule has 0 radical (unpaired) electrons. The van der Waals surface area contributed by atoms with Crippen LogP contribution in [0.4, 0.5) is 9.93 Å². The number of para-hydroxylation sites is 1. The van der Waals surface area contributed by atoms with Crippen molar-refractivity contribution in [3.8, 4) is 5.75 Å². The van der Waals surface area contributed by atoms with Crippen LogP contribution in [0.15, 0.2) is 35.7 Å². The Kier molecular flexibility index (Phi) is 3.56. The van der Waals surface area contributed by atoms with Gasteiger partial charge in [0.25, 0.3) is 0 Å². The van der Waals surface area contributed by atoms with E-state index in [9.17, 15) is 4.79 Å². The van der Waals surface area contributed by atoms with Gasteiger partial charge in [-0.15, -0.1) is 11.3 Å². The van der Waals surface area contributed by atoms with Crippen molar-refractivity contribution in [3.63, 3.8) is 0 Å². The second-order valence-corrected chi connectivity index (χ2v) is 4.12. The highest BCUT2D eigenvalue weighted by molar-refractivity contribution is 7.13. The summed E-state index contributed by atoms with van der Waals surface area (Å²) in [6.07, 6.45) is -0.511. The van der Waals surface area contributed by atoms with Gasteiger partial charge in [-0.05, 0) is 12.1 Å². The first-order chi connectivity index (χ1) is 8.24. The molecule has 1 aromatic carbocycles. The summed E-state index contributed by atoms with van der Waals surface area (Å²) in [5.41, 5.74) is 6.19. The summed E-state index contributed by atoms with van der Waals surface area (Å²) in [6, 6.07) is 8.86. The van der Waals surface area contributed by atoms with E-state index in [2.05, 4.69) is 10.3 Å². The monoisotopic (exact) mass is 249 g/mol. The van der Waals surface area contributed by atoms with Crippen molar-refractivity contribution < 1.29 is 9.53 Å². The number of nitrogens with two attached hydrogens (primary N) is 1. The van der Waals surface area contributed by atoms with Crippen LogP contribution in [0.1, 0.15) is 5.69 Å². The molecule has 1 amide bonds. The normalized spacial score (nSPS) is 9.88. The Bertz CT molecular complexity index is 498. The van der Waals surface area contributed by atoms with E-state index in [0.717, 1.165) is 5.69 Å². The minimum absolute atomic E-state index is 0.305. The highest BCUT2D eigenvalue weighted by Crippen LogP contribution is 2.11. The van der Waals surface area contributed by atoms with Crippen molar-refractivity contribution in [2.75, 3.05) is 5.73 Å². The predicted octanol–water partition coefficient (Wildman–Crippen LogP) is 2.01. The number of nitrogens with zero attached hydrogens (tertiary/aromatic N) is 1. The average molecular weight is 249 g/mol. The van der Waals surface area contributed by atoms with Gasteiger partial charge < -0.3 is 15.8 Å². The molecule has 0 fully saturated rings. The number of rotatable bonds is 3. The van der Waals surface area contributed by atoms with Crippen molar-refractivity contribution in [2.45, 2.75) is 6.54 Å². The predicted molar refractivity (Wildman–Crippen MR) is 65.8 cm³/mol. The van der Waals surface area contributed by atoms with E-state index in [1.54, 1.807) is 29.6 Å². The first kappa shape index (κ1) is 11.4. The minimum Gasteiger partial charge on any atom is -0.410 e. The molecule has 0 saturated carbocycles. The van der Waals surface area contributed by atoms with E-state index < -0.39 is 6.09 Å². The summed E-state index contributed by atoms with van der Waals surface area (Å²) < 4.78 is 5.04. The van der Waals surface area contributed by atoms with Crippen LogP contribution in [0.5, 0.6) is 5.75 Å². The molecule has 88 valence electrons. The average Bonchev–Trinajstić information content (AvgIpc) is 2.74. The number of nitrogens with one attached hydrogen (secondary N) is 1. The summed E-state index contributed by atoms with van der Waals surface area (Å²) in [4.78, 5) is 15.4. The molecular weight excluding hydrogens is 238 g/mol. The van der Waals surface area contributed by atoms with E-state index in [-0.39, 0.29) is 0 Å². The number of carbonyl (C=O) groups excluding carboxylic acids is 1. The van der Waals surface area contributed by atoms with E-state index in [1.807, 2.05) is 6.07 Å². The van der Waals surface area contributed by atoms with Crippen molar-refractivity contribution in [2.24, 2.45) is 0 Å². The molecule has 3 N–H and O–H groups in total. The van der Waals surface area contributed by atoms with Crippen LogP contribution in [0.25, 0.3) is 0 Å². The lowest BCUT2D eigenvalue weighted by Crippen LogP contribution is -2.26. The van der Waals surface area contributed by atoms with Crippen molar-refractivity contribution in [1.29, 1.82) is 0 Å². The SMILES string of the molecule is Nc1nc(CNC(=O)Oc2ccccc2)cs1. The number of hydrogen-bond donors (Lipinski definition) is 2. The fourth-order valence-corrected chi connectivity index (χ4v) is 1.76. The summed E-state index contributed by atoms with van der Waals surface area (Å²) in [6.45, 7) is 0.305. The number of ether oxygens (including phenoxy) is 1. The molecule has 0 aliphatic rings. The highest BCUT2D eigenvalue weighted by Gasteiger charge is 2.05. The first-order valence-corrected chi connectivity index (χ1v) is 5.82. The van der Waals surface area contributed by atoms with Crippen LogP contribution in [-0.4, -0.2) is 11.1 Å². The molecule has 1 aromatic heterocycles. The molecule has 1 heterocycles. The number of aromatic nitrogens is 1. The second-order valence-electron chi connectivity index (χ2n) is 3.23. The van der Waals surface area contributed by atoms with Gasteiger partial charge in [0.2, 0.25) is 0 Å². The minimum atomic E-state index is -0.511. The maximum atomic E-state index is 11.4. The lowest BCUT2D eigenvalue weighted by molar-refractivity contribution is 0.200. The third kappa shape index (κ3) is 3.46. The maximum absolute atomic E-state index is 11.4. The van der Waals surface area contributed by atoms with Gasteiger partial charge >= 0.3 is 6.09 Å². The van der Waals surface area contributed by atoms with Crippen molar-refractivity contribution in [1.82, 2.24) is 10.3 Å². The Morgan fingerprint density at radius 2 is 2.18 bits per heavy atom. The van der Waals surface area contributed by atoms with Gasteiger partial charge in [0.15, 0.2) is 5.13 Å². The number of amides is 1. The molecule has 2 rings (SSSR count). The Balaban J connectivity index is 1.82. The topological polar surface area (TPSA) is 77.2 Å². The van der Waals surface area contributed by atoms with Gasteiger partial charge in [-0.2, -0.15) is 0 Å². The molecular formula is C11H11N3O2S. The number of nitrogen functional groups attached to an aromatic ring is 1. The Morgan fingerprint density at radius 1 is 1.41 bits per heavy atom. The number of carbonyl (C=O) groups is 1. The summed E-state index contributed by atoms with van der Waals surface area (Å²) in [5.74, 6) is 0.503. The fourth-order valence-electron chi connectivity index (χ4n) is 1.20. The molecule has 0 aliphatic heterocycles. The van der Waals surface area contributed by atoms with Gasteiger partial charge in [0, 0.05) is 5.38 Å². The molecule has 0 unspecified atom stereocenters. The van der Waals surface area contributed by atoms with Crippen LogP contribution in [-0.2, 0) is 6.54 Å². The third-order valence-corrected chi connectivity index (χ3v) is 2.66. The largest absolute Gasteiger partial charge is 0.412 e. The summed E-state index contributed by atoms with van der Waals surface area (Å²) >= 11 is 1.33. The third-order valence-electron chi connectivity index (χ3n) is 1.94. The van der Waals surface area contributed by atoms with Crippen LogP contribution >= 0.6 is 11.3 Å². The quantitative estimate of drug-likeness (QED) is 0.872.